The van der Waals surface area contributed by atoms with Gasteiger partial charge >= 0.3 is 5.97 Å². The molecule has 3 N–H and O–H groups in total. The fourth-order valence-corrected chi connectivity index (χ4v) is 4.28. The van der Waals surface area contributed by atoms with Crippen molar-refractivity contribution in [1.29, 1.82) is 0 Å². The van der Waals surface area contributed by atoms with Gasteiger partial charge in [-0.25, -0.2) is 17.9 Å². The summed E-state index contributed by atoms with van der Waals surface area (Å²) in [5.41, 5.74) is 5.58. The SMILES string of the molecule is COC(=O)c1cc(S(=O)(=O)NC(CN)C2CC2)cs1.Cl. The van der Waals surface area contributed by atoms with Crippen LogP contribution >= 0.6 is 23.7 Å². The van der Waals surface area contributed by atoms with Crippen LogP contribution in [0.5, 0.6) is 0 Å². The van der Waals surface area contributed by atoms with Gasteiger partial charge in [0.1, 0.15) is 4.88 Å². The van der Waals surface area contributed by atoms with Crippen LogP contribution in [0.25, 0.3) is 0 Å². The first-order chi connectivity index (χ1) is 8.97. The summed E-state index contributed by atoms with van der Waals surface area (Å²) in [6, 6.07) is 1.09. The monoisotopic (exact) mass is 340 g/mol. The Bertz CT molecular complexity index is 569. The number of hydrogen-bond acceptors (Lipinski definition) is 6. The van der Waals surface area contributed by atoms with E-state index in [0.29, 0.717) is 5.92 Å². The standard InChI is InChI=1S/C11H16N2O4S2.ClH/c1-17-11(14)10-4-8(6-18-10)19(15,16)13-9(5-12)7-2-3-7;/h4,6-7,9,13H,2-3,5,12H2,1H3;1H. The molecular weight excluding hydrogens is 324 g/mol. The van der Waals surface area contributed by atoms with Crippen molar-refractivity contribution in [2.45, 2.75) is 23.8 Å². The molecule has 0 spiro atoms. The highest BCUT2D eigenvalue weighted by molar-refractivity contribution is 7.89. The average molecular weight is 341 g/mol. The topological polar surface area (TPSA) is 98.5 Å². The smallest absolute Gasteiger partial charge is 0.348 e. The van der Waals surface area contributed by atoms with Gasteiger partial charge in [0.2, 0.25) is 10.0 Å². The molecule has 9 heteroatoms. The van der Waals surface area contributed by atoms with Crippen molar-refractivity contribution in [2.24, 2.45) is 11.7 Å². The number of carbonyl (C=O) groups excluding carboxylic acids is 1. The Balaban J connectivity index is 0.00000200. The summed E-state index contributed by atoms with van der Waals surface area (Å²) >= 11 is 1.04. The van der Waals surface area contributed by atoms with Gasteiger partial charge in [-0.15, -0.1) is 23.7 Å². The number of nitrogens with one attached hydrogen (secondary N) is 1. The molecular formula is C11H17ClN2O4S2. The maximum Gasteiger partial charge on any atom is 0.348 e. The lowest BCUT2D eigenvalue weighted by Gasteiger charge is -2.15. The largest absolute Gasteiger partial charge is 0.465 e. The van der Waals surface area contributed by atoms with E-state index in [1.54, 1.807) is 0 Å². The third kappa shape index (κ3) is 3.92. The van der Waals surface area contributed by atoms with Crippen molar-refractivity contribution in [3.63, 3.8) is 0 Å². The van der Waals surface area contributed by atoms with E-state index in [1.807, 2.05) is 0 Å². The van der Waals surface area contributed by atoms with E-state index < -0.39 is 16.0 Å². The molecule has 1 heterocycles. The number of carbonyl (C=O) groups is 1. The maximum atomic E-state index is 12.1. The highest BCUT2D eigenvalue weighted by atomic mass is 35.5. The molecule has 0 aliphatic heterocycles. The number of methoxy groups -OCH3 is 1. The van der Waals surface area contributed by atoms with E-state index in [1.165, 1.54) is 18.6 Å². The first-order valence-corrected chi connectivity index (χ1v) is 8.23. The minimum absolute atomic E-state index is 0. The van der Waals surface area contributed by atoms with Crippen LogP contribution < -0.4 is 10.5 Å². The molecule has 1 unspecified atom stereocenters. The summed E-state index contributed by atoms with van der Waals surface area (Å²) in [6.07, 6.45) is 2.00. The third-order valence-electron chi connectivity index (χ3n) is 3.02. The Morgan fingerprint density at radius 1 is 1.60 bits per heavy atom. The molecule has 20 heavy (non-hydrogen) atoms. The van der Waals surface area contributed by atoms with Crippen LogP contribution in [-0.2, 0) is 14.8 Å². The summed E-state index contributed by atoms with van der Waals surface area (Å²) in [6.45, 7) is 0.276. The van der Waals surface area contributed by atoms with E-state index in [-0.39, 0.29) is 34.8 Å². The number of thiophene rings is 1. The van der Waals surface area contributed by atoms with E-state index >= 15 is 0 Å². The molecule has 114 valence electrons. The molecule has 0 saturated heterocycles. The minimum Gasteiger partial charge on any atom is -0.465 e. The van der Waals surface area contributed by atoms with E-state index in [4.69, 9.17) is 5.73 Å². The normalized spacial score (nSPS) is 16.3. The second-order valence-corrected chi connectivity index (χ2v) is 7.06. The maximum absolute atomic E-state index is 12.1. The van der Waals surface area contributed by atoms with Gasteiger partial charge in [-0.3, -0.25) is 0 Å². The van der Waals surface area contributed by atoms with Crippen LogP contribution in [0.15, 0.2) is 16.3 Å². The molecule has 1 aliphatic carbocycles. The summed E-state index contributed by atoms with van der Waals surface area (Å²) in [7, 11) is -2.37. The quantitative estimate of drug-likeness (QED) is 0.752. The molecule has 1 aromatic rings. The number of ether oxygens (including phenoxy) is 1. The third-order valence-corrected chi connectivity index (χ3v) is 5.55. The van der Waals surface area contributed by atoms with E-state index in [2.05, 4.69) is 9.46 Å². The lowest BCUT2D eigenvalue weighted by atomic mass is 10.2. The highest BCUT2D eigenvalue weighted by Gasteiger charge is 2.33. The van der Waals surface area contributed by atoms with Crippen molar-refractivity contribution in [3.8, 4) is 0 Å². The molecule has 1 saturated carbocycles. The first kappa shape index (κ1) is 17.4. The van der Waals surface area contributed by atoms with Gasteiger partial charge in [-0.05, 0) is 24.8 Å². The van der Waals surface area contributed by atoms with E-state index in [9.17, 15) is 13.2 Å². The highest BCUT2D eigenvalue weighted by Crippen LogP contribution is 2.33. The Morgan fingerprint density at radius 3 is 2.75 bits per heavy atom. The lowest BCUT2D eigenvalue weighted by molar-refractivity contribution is 0.0606. The first-order valence-electron chi connectivity index (χ1n) is 5.87. The summed E-state index contributed by atoms with van der Waals surface area (Å²) in [5.74, 6) is -0.206. The van der Waals surface area contributed by atoms with Crippen LogP contribution in [0.2, 0.25) is 0 Å². The summed E-state index contributed by atoms with van der Waals surface area (Å²) in [4.78, 5) is 11.6. The average Bonchev–Trinajstić information content (AvgIpc) is 3.10. The second kappa shape index (κ2) is 6.86. The molecule has 1 aliphatic rings. The number of hydrogen-bond donors (Lipinski definition) is 2. The fourth-order valence-electron chi connectivity index (χ4n) is 1.77. The molecule has 0 bridgehead atoms. The van der Waals surface area contributed by atoms with Crippen LogP contribution in [0.3, 0.4) is 0 Å². The summed E-state index contributed by atoms with van der Waals surface area (Å²) < 4.78 is 31.4. The number of esters is 1. The number of halogens is 1. The van der Waals surface area contributed by atoms with E-state index in [0.717, 1.165) is 24.2 Å². The van der Waals surface area contributed by atoms with Gasteiger partial charge in [-0.1, -0.05) is 0 Å². The number of rotatable bonds is 6. The van der Waals surface area contributed by atoms with Crippen LogP contribution in [0, 0.1) is 5.92 Å². The van der Waals surface area contributed by atoms with Gasteiger partial charge in [0.05, 0.1) is 12.0 Å². The Labute approximate surface area is 128 Å². The van der Waals surface area contributed by atoms with Crippen molar-refractivity contribution >= 4 is 39.7 Å². The molecule has 0 amide bonds. The van der Waals surface area contributed by atoms with Gasteiger partial charge in [0.25, 0.3) is 0 Å². The Hall–Kier alpha value is -0.670. The zero-order chi connectivity index (χ0) is 14.0. The van der Waals surface area contributed by atoms with Crippen LogP contribution in [0.4, 0.5) is 0 Å². The van der Waals surface area contributed by atoms with Crippen LogP contribution in [0.1, 0.15) is 22.5 Å². The molecule has 0 aromatic carbocycles. The van der Waals surface area contributed by atoms with Gasteiger partial charge < -0.3 is 10.5 Å². The second-order valence-electron chi connectivity index (χ2n) is 4.44. The number of nitrogens with two attached hydrogens (primary N) is 1. The fraction of sp³-hybridized carbons (Fsp3) is 0.545. The minimum atomic E-state index is -3.62. The van der Waals surface area contributed by atoms with Crippen molar-refractivity contribution in [1.82, 2.24) is 4.72 Å². The van der Waals surface area contributed by atoms with Gasteiger partial charge in [-0.2, -0.15) is 0 Å². The molecule has 2 rings (SSSR count). The Kier molecular flexibility index (Phi) is 5.96. The molecule has 1 fully saturated rings. The number of sulfonamides is 1. The van der Waals surface area contributed by atoms with Crippen molar-refractivity contribution < 1.29 is 17.9 Å². The predicted molar refractivity (Wildman–Crippen MR) is 78.8 cm³/mol. The predicted octanol–water partition coefficient (Wildman–Crippen LogP) is 0.972. The van der Waals surface area contributed by atoms with Crippen LogP contribution in [-0.4, -0.2) is 34.1 Å². The zero-order valence-electron chi connectivity index (χ0n) is 10.9. The molecule has 1 atom stereocenters. The zero-order valence-corrected chi connectivity index (χ0v) is 13.3. The summed E-state index contributed by atoms with van der Waals surface area (Å²) in [5, 5.41) is 1.43. The molecule has 1 aromatic heterocycles. The van der Waals surface area contributed by atoms with Gasteiger partial charge in [0, 0.05) is 18.0 Å². The van der Waals surface area contributed by atoms with Gasteiger partial charge in [0.15, 0.2) is 0 Å². The molecule has 6 nitrogen and oxygen atoms in total. The Morgan fingerprint density at radius 2 is 2.25 bits per heavy atom. The van der Waals surface area contributed by atoms with Crippen molar-refractivity contribution in [2.75, 3.05) is 13.7 Å². The molecule has 0 radical (unpaired) electrons. The van der Waals surface area contributed by atoms with Crippen molar-refractivity contribution in [3.05, 3.63) is 16.3 Å². The lowest BCUT2D eigenvalue weighted by Crippen LogP contribution is -2.41.